The second kappa shape index (κ2) is 8.41. The van der Waals surface area contributed by atoms with Crippen LogP contribution in [0.5, 0.6) is 5.75 Å². The Labute approximate surface area is 178 Å². The number of nitrogens with zero attached hydrogens (tertiary/aromatic N) is 2. The summed E-state index contributed by atoms with van der Waals surface area (Å²) in [4.78, 5) is 20.8. The fourth-order valence-corrected chi connectivity index (χ4v) is 5.19. The highest BCUT2D eigenvalue weighted by Gasteiger charge is 2.36. The van der Waals surface area contributed by atoms with Crippen molar-refractivity contribution in [1.82, 2.24) is 9.97 Å². The smallest absolute Gasteiger partial charge is 0.237 e. The van der Waals surface area contributed by atoms with E-state index in [0.29, 0.717) is 30.0 Å². The van der Waals surface area contributed by atoms with E-state index in [0.717, 1.165) is 11.1 Å². The topological polar surface area (TPSA) is 110 Å². The third-order valence-corrected chi connectivity index (χ3v) is 7.32. The predicted octanol–water partition coefficient (Wildman–Crippen LogP) is 3.30. The molecular formula is C20H20N4O4S2. The summed E-state index contributed by atoms with van der Waals surface area (Å²) in [5.41, 5.74) is 2.90. The molecule has 156 valence electrons. The molecule has 0 aliphatic heterocycles. The van der Waals surface area contributed by atoms with Gasteiger partial charge in [-0.15, -0.1) is 11.3 Å². The van der Waals surface area contributed by atoms with E-state index in [4.69, 9.17) is 4.74 Å². The van der Waals surface area contributed by atoms with Gasteiger partial charge in [0.1, 0.15) is 5.75 Å². The SMILES string of the molecule is COc1cc(-c2cccnc2)ccc1NC(=O)Cc1csc(NS(=O)(=O)C2CC2)n1. The number of ether oxygens (including phenoxy) is 1. The number of carbonyl (C=O) groups is 1. The Bertz CT molecular complexity index is 1160. The minimum Gasteiger partial charge on any atom is -0.495 e. The van der Waals surface area contributed by atoms with Crippen LogP contribution in [-0.2, 0) is 21.2 Å². The van der Waals surface area contributed by atoms with Gasteiger partial charge in [0.05, 0.1) is 30.2 Å². The Hall–Kier alpha value is -2.98. The summed E-state index contributed by atoms with van der Waals surface area (Å²) in [6.07, 6.45) is 4.84. The summed E-state index contributed by atoms with van der Waals surface area (Å²) in [6, 6.07) is 9.28. The highest BCUT2D eigenvalue weighted by molar-refractivity contribution is 7.93. The van der Waals surface area contributed by atoms with E-state index < -0.39 is 10.0 Å². The van der Waals surface area contributed by atoms with Gasteiger partial charge in [-0.25, -0.2) is 13.4 Å². The molecule has 1 aromatic carbocycles. The van der Waals surface area contributed by atoms with E-state index in [1.807, 2.05) is 24.3 Å². The van der Waals surface area contributed by atoms with Crippen LogP contribution in [0.1, 0.15) is 18.5 Å². The van der Waals surface area contributed by atoms with Crippen LogP contribution in [0, 0.1) is 0 Å². The molecule has 10 heteroatoms. The zero-order chi connectivity index (χ0) is 21.1. The molecule has 30 heavy (non-hydrogen) atoms. The first-order valence-electron chi connectivity index (χ1n) is 9.29. The van der Waals surface area contributed by atoms with Crippen molar-refractivity contribution in [3.63, 3.8) is 0 Å². The van der Waals surface area contributed by atoms with E-state index >= 15 is 0 Å². The van der Waals surface area contributed by atoms with Crippen LogP contribution in [0.15, 0.2) is 48.1 Å². The highest BCUT2D eigenvalue weighted by atomic mass is 32.2. The molecule has 3 aromatic rings. The van der Waals surface area contributed by atoms with Crippen molar-refractivity contribution in [2.45, 2.75) is 24.5 Å². The summed E-state index contributed by atoms with van der Waals surface area (Å²) in [5.74, 6) is 0.255. The molecule has 1 saturated carbocycles. The summed E-state index contributed by atoms with van der Waals surface area (Å²) < 4.78 is 31.9. The molecule has 1 aliphatic carbocycles. The number of pyridine rings is 1. The normalized spacial score (nSPS) is 13.6. The molecule has 4 rings (SSSR count). The molecule has 0 unspecified atom stereocenters. The number of amides is 1. The number of thiazole rings is 1. The Balaban J connectivity index is 1.41. The molecule has 2 aromatic heterocycles. The van der Waals surface area contributed by atoms with Crippen molar-refractivity contribution in [3.05, 3.63) is 53.8 Å². The highest BCUT2D eigenvalue weighted by Crippen LogP contribution is 2.32. The van der Waals surface area contributed by atoms with Crippen LogP contribution >= 0.6 is 11.3 Å². The first kappa shape index (κ1) is 20.3. The Kier molecular flexibility index (Phi) is 5.69. The fourth-order valence-electron chi connectivity index (χ4n) is 2.88. The van der Waals surface area contributed by atoms with Crippen LogP contribution in [0.4, 0.5) is 10.8 Å². The molecule has 0 atom stereocenters. The van der Waals surface area contributed by atoms with Crippen molar-refractivity contribution in [1.29, 1.82) is 0 Å². The molecule has 1 fully saturated rings. The summed E-state index contributed by atoms with van der Waals surface area (Å²) in [6.45, 7) is 0. The molecule has 2 heterocycles. The molecule has 8 nitrogen and oxygen atoms in total. The number of carbonyl (C=O) groups excluding carboxylic acids is 1. The van der Waals surface area contributed by atoms with Crippen molar-refractivity contribution >= 4 is 38.1 Å². The molecule has 1 aliphatic rings. The van der Waals surface area contributed by atoms with Crippen molar-refractivity contribution in [2.24, 2.45) is 0 Å². The van der Waals surface area contributed by atoms with Gasteiger partial charge in [-0.3, -0.25) is 14.5 Å². The van der Waals surface area contributed by atoms with Gasteiger partial charge < -0.3 is 10.1 Å². The molecule has 0 saturated heterocycles. The summed E-state index contributed by atoms with van der Waals surface area (Å²) in [7, 11) is -1.83. The number of hydrogen-bond acceptors (Lipinski definition) is 7. The Morgan fingerprint density at radius 1 is 1.27 bits per heavy atom. The number of rotatable bonds is 8. The Morgan fingerprint density at radius 3 is 2.80 bits per heavy atom. The lowest BCUT2D eigenvalue weighted by Crippen LogP contribution is -2.17. The third-order valence-electron chi connectivity index (χ3n) is 4.56. The minimum atomic E-state index is -3.36. The number of hydrogen-bond donors (Lipinski definition) is 2. The fraction of sp³-hybridized carbons (Fsp3) is 0.250. The number of sulfonamides is 1. The molecule has 1 amide bonds. The van der Waals surface area contributed by atoms with Gasteiger partial charge in [-0.05, 0) is 36.6 Å². The van der Waals surface area contributed by atoms with Crippen LogP contribution < -0.4 is 14.8 Å². The number of nitrogens with one attached hydrogen (secondary N) is 2. The van der Waals surface area contributed by atoms with E-state index in [9.17, 15) is 13.2 Å². The summed E-state index contributed by atoms with van der Waals surface area (Å²) in [5, 5.41) is 4.45. The largest absolute Gasteiger partial charge is 0.495 e. The minimum absolute atomic E-state index is 0.0230. The third kappa shape index (κ3) is 4.77. The maximum atomic E-state index is 12.5. The van der Waals surface area contributed by atoms with Crippen LogP contribution in [0.3, 0.4) is 0 Å². The van der Waals surface area contributed by atoms with Crippen LogP contribution in [0.2, 0.25) is 0 Å². The van der Waals surface area contributed by atoms with Gasteiger partial charge >= 0.3 is 0 Å². The first-order chi connectivity index (χ1) is 14.4. The van der Waals surface area contributed by atoms with Gasteiger partial charge in [-0.2, -0.15) is 0 Å². The molecule has 0 bridgehead atoms. The van der Waals surface area contributed by atoms with Crippen molar-refractivity contribution < 1.29 is 17.9 Å². The Morgan fingerprint density at radius 2 is 2.10 bits per heavy atom. The van der Waals surface area contributed by atoms with Crippen LogP contribution in [0.25, 0.3) is 11.1 Å². The quantitative estimate of drug-likeness (QED) is 0.552. The van der Waals surface area contributed by atoms with Gasteiger partial charge in [0.25, 0.3) is 0 Å². The maximum absolute atomic E-state index is 12.5. The molecule has 0 spiro atoms. The lowest BCUT2D eigenvalue weighted by atomic mass is 10.1. The second-order valence-corrected chi connectivity index (χ2v) is 9.69. The van der Waals surface area contributed by atoms with Gasteiger partial charge in [-0.1, -0.05) is 12.1 Å². The number of benzene rings is 1. The lowest BCUT2D eigenvalue weighted by Gasteiger charge is -2.12. The summed E-state index contributed by atoms with van der Waals surface area (Å²) >= 11 is 1.17. The van der Waals surface area contributed by atoms with E-state index in [2.05, 4.69) is 20.0 Å². The van der Waals surface area contributed by atoms with E-state index in [1.54, 1.807) is 23.8 Å². The van der Waals surface area contributed by atoms with Gasteiger partial charge in [0, 0.05) is 23.3 Å². The van der Waals surface area contributed by atoms with Gasteiger partial charge in [0.15, 0.2) is 5.13 Å². The zero-order valence-electron chi connectivity index (χ0n) is 16.2. The monoisotopic (exact) mass is 444 g/mol. The maximum Gasteiger partial charge on any atom is 0.237 e. The van der Waals surface area contributed by atoms with Crippen molar-refractivity contribution in [2.75, 3.05) is 17.1 Å². The number of aromatic nitrogens is 2. The number of methoxy groups -OCH3 is 1. The predicted molar refractivity (Wildman–Crippen MR) is 116 cm³/mol. The van der Waals surface area contributed by atoms with E-state index in [-0.39, 0.29) is 22.7 Å². The molecular weight excluding hydrogens is 424 g/mol. The zero-order valence-corrected chi connectivity index (χ0v) is 17.8. The van der Waals surface area contributed by atoms with E-state index in [1.165, 1.54) is 18.4 Å². The molecule has 0 radical (unpaired) electrons. The lowest BCUT2D eigenvalue weighted by molar-refractivity contribution is -0.115. The standard InChI is InChI=1S/C20H20N4O4S2/c1-28-18-9-13(14-3-2-8-21-11-14)4-7-17(18)23-19(25)10-15-12-29-20(22-15)24-30(26,27)16-5-6-16/h2-4,7-9,11-12,16H,5-6,10H2,1H3,(H,22,24)(H,23,25). The van der Waals surface area contributed by atoms with Gasteiger partial charge in [0.2, 0.25) is 15.9 Å². The molecule has 2 N–H and O–H groups in total. The number of anilines is 2. The van der Waals surface area contributed by atoms with Crippen LogP contribution in [-0.4, -0.2) is 36.7 Å². The van der Waals surface area contributed by atoms with Crippen molar-refractivity contribution in [3.8, 4) is 16.9 Å². The second-order valence-electron chi connectivity index (χ2n) is 6.87. The first-order valence-corrected chi connectivity index (χ1v) is 11.7. The average molecular weight is 445 g/mol. The average Bonchev–Trinajstić information content (AvgIpc) is 3.52.